The Hall–Kier alpha value is -2.70. The molecular formula is C13H14N2O5. The first-order chi connectivity index (χ1) is 9.49. The number of rotatable bonds is 6. The van der Waals surface area contributed by atoms with Crippen LogP contribution >= 0.6 is 0 Å². The smallest absolute Gasteiger partial charge is 0.433 e. The fourth-order valence-electron chi connectivity index (χ4n) is 1.33. The zero-order chi connectivity index (χ0) is 15.0. The van der Waals surface area contributed by atoms with E-state index in [-0.39, 0.29) is 6.61 Å². The van der Waals surface area contributed by atoms with Crippen LogP contribution in [0.1, 0.15) is 12.0 Å². The number of carboxylic acids is 1. The Balaban J connectivity index is 2.49. The summed E-state index contributed by atoms with van der Waals surface area (Å²) in [6, 6.07) is 8.94. The van der Waals surface area contributed by atoms with Gasteiger partial charge in [0, 0.05) is 12.6 Å². The van der Waals surface area contributed by atoms with Gasteiger partial charge in [-0.2, -0.15) is 4.99 Å². The molecule has 1 aromatic rings. The lowest BCUT2D eigenvalue weighted by Crippen LogP contribution is -2.23. The molecule has 0 aliphatic carbocycles. The molecule has 1 aromatic carbocycles. The summed E-state index contributed by atoms with van der Waals surface area (Å²) in [5.74, 6) is -3.32. The monoisotopic (exact) mass is 278 g/mol. The number of nitrogens with two attached hydrogens (primary N) is 1. The normalized spacial score (nSPS) is 12.0. The van der Waals surface area contributed by atoms with E-state index in [1.807, 2.05) is 6.07 Å². The Labute approximate surface area is 115 Å². The average molecular weight is 278 g/mol. The highest BCUT2D eigenvalue weighted by Gasteiger charge is 2.18. The number of primary amides is 1. The number of aliphatic carboxylic acids is 1. The molecule has 1 atom stereocenters. The number of carbonyl (C=O) groups is 3. The van der Waals surface area contributed by atoms with Gasteiger partial charge in [0.2, 0.25) is 5.91 Å². The quantitative estimate of drug-likeness (QED) is 0.751. The van der Waals surface area contributed by atoms with Crippen LogP contribution in [-0.2, 0) is 20.9 Å². The van der Waals surface area contributed by atoms with E-state index in [4.69, 9.17) is 15.6 Å². The van der Waals surface area contributed by atoms with E-state index in [9.17, 15) is 14.4 Å². The molecule has 106 valence electrons. The van der Waals surface area contributed by atoms with Crippen molar-refractivity contribution in [1.82, 2.24) is 0 Å². The maximum Gasteiger partial charge on any atom is 0.433 e. The predicted molar refractivity (Wildman–Crippen MR) is 70.1 cm³/mol. The van der Waals surface area contributed by atoms with Gasteiger partial charge in [-0.25, -0.2) is 4.79 Å². The summed E-state index contributed by atoms with van der Waals surface area (Å²) < 4.78 is 4.82. The van der Waals surface area contributed by atoms with Crippen molar-refractivity contribution in [2.45, 2.75) is 13.0 Å². The van der Waals surface area contributed by atoms with E-state index in [0.717, 1.165) is 11.8 Å². The number of ether oxygens (including phenoxy) is 1. The van der Waals surface area contributed by atoms with Crippen LogP contribution in [0.2, 0.25) is 0 Å². The Bertz CT molecular complexity index is 513. The molecule has 0 heterocycles. The topological polar surface area (TPSA) is 119 Å². The first-order valence-electron chi connectivity index (χ1n) is 5.75. The highest BCUT2D eigenvalue weighted by molar-refractivity contribution is 5.96. The zero-order valence-corrected chi connectivity index (χ0v) is 10.6. The molecule has 0 bridgehead atoms. The summed E-state index contributed by atoms with van der Waals surface area (Å²) in [5.41, 5.74) is 5.67. The standard InChI is InChI=1S/C13H14N2O5/c14-11(16)6-10(12(17)18)7-15-13(19)20-8-9-4-2-1-3-5-9/h1-5,7,10H,6,8H2,(H2,14,16)(H,17,18)/b15-7+. The van der Waals surface area contributed by atoms with Crippen molar-refractivity contribution in [3.05, 3.63) is 35.9 Å². The average Bonchev–Trinajstić information content (AvgIpc) is 2.41. The maximum absolute atomic E-state index is 11.3. The van der Waals surface area contributed by atoms with E-state index in [0.29, 0.717) is 0 Å². The van der Waals surface area contributed by atoms with Gasteiger partial charge in [-0.05, 0) is 5.56 Å². The molecule has 0 spiro atoms. The van der Waals surface area contributed by atoms with E-state index in [2.05, 4.69) is 4.99 Å². The number of carbonyl (C=O) groups excluding carboxylic acids is 2. The molecule has 7 heteroatoms. The molecule has 0 aliphatic rings. The van der Waals surface area contributed by atoms with Crippen molar-refractivity contribution < 1.29 is 24.2 Å². The molecule has 0 aromatic heterocycles. The van der Waals surface area contributed by atoms with Gasteiger partial charge in [-0.1, -0.05) is 30.3 Å². The number of aliphatic imine (C=N–C) groups is 1. The van der Waals surface area contributed by atoms with E-state index >= 15 is 0 Å². The van der Waals surface area contributed by atoms with Gasteiger partial charge in [0.25, 0.3) is 0 Å². The molecule has 0 aliphatic heterocycles. The van der Waals surface area contributed by atoms with Crippen molar-refractivity contribution >= 4 is 24.2 Å². The highest BCUT2D eigenvalue weighted by Crippen LogP contribution is 2.03. The lowest BCUT2D eigenvalue weighted by atomic mass is 10.1. The van der Waals surface area contributed by atoms with Crippen LogP contribution < -0.4 is 5.73 Å². The van der Waals surface area contributed by atoms with Gasteiger partial charge in [0.15, 0.2) is 0 Å². The third kappa shape index (κ3) is 5.76. The van der Waals surface area contributed by atoms with Crippen LogP contribution in [-0.4, -0.2) is 29.3 Å². The Morgan fingerprint density at radius 2 is 1.95 bits per heavy atom. The minimum Gasteiger partial charge on any atom is -0.481 e. The molecule has 0 fully saturated rings. The van der Waals surface area contributed by atoms with E-state index < -0.39 is 30.3 Å². The van der Waals surface area contributed by atoms with E-state index in [1.165, 1.54) is 0 Å². The third-order valence-corrected chi connectivity index (χ3v) is 2.30. The van der Waals surface area contributed by atoms with Crippen LogP contribution in [0.5, 0.6) is 0 Å². The predicted octanol–water partition coefficient (Wildman–Crippen LogP) is 0.970. The fraction of sp³-hybridized carbons (Fsp3) is 0.231. The first kappa shape index (κ1) is 15.4. The second kappa shape index (κ2) is 7.67. The minimum atomic E-state index is -1.29. The molecule has 1 rings (SSSR count). The van der Waals surface area contributed by atoms with Gasteiger partial charge in [0.05, 0.1) is 0 Å². The SMILES string of the molecule is NC(=O)CC(/C=N/C(=O)OCc1ccccc1)C(=O)O. The summed E-state index contributed by atoms with van der Waals surface area (Å²) in [6.45, 7) is 0.0323. The molecule has 0 radical (unpaired) electrons. The van der Waals surface area contributed by atoms with Crippen molar-refractivity contribution in [1.29, 1.82) is 0 Å². The first-order valence-corrected chi connectivity index (χ1v) is 5.75. The molecule has 0 saturated heterocycles. The number of benzene rings is 1. The maximum atomic E-state index is 11.3. The lowest BCUT2D eigenvalue weighted by Gasteiger charge is -2.04. The number of nitrogens with zero attached hydrogens (tertiary/aromatic N) is 1. The van der Waals surface area contributed by atoms with Crippen LogP contribution in [0.4, 0.5) is 4.79 Å². The van der Waals surface area contributed by atoms with Crippen LogP contribution in [0.15, 0.2) is 35.3 Å². The number of carboxylic acid groups (broad SMARTS) is 1. The summed E-state index contributed by atoms with van der Waals surface area (Å²) in [5, 5.41) is 8.79. The molecule has 1 unspecified atom stereocenters. The van der Waals surface area contributed by atoms with Gasteiger partial charge >= 0.3 is 12.1 Å². The second-order valence-corrected chi connectivity index (χ2v) is 3.93. The second-order valence-electron chi connectivity index (χ2n) is 3.93. The van der Waals surface area contributed by atoms with Crippen molar-refractivity contribution in [2.75, 3.05) is 0 Å². The van der Waals surface area contributed by atoms with Gasteiger partial charge in [0.1, 0.15) is 12.5 Å². The molecular weight excluding hydrogens is 264 g/mol. The van der Waals surface area contributed by atoms with Crippen LogP contribution in [0.3, 0.4) is 0 Å². The Morgan fingerprint density at radius 1 is 1.30 bits per heavy atom. The zero-order valence-electron chi connectivity index (χ0n) is 10.6. The van der Waals surface area contributed by atoms with Crippen LogP contribution in [0, 0.1) is 5.92 Å². The van der Waals surface area contributed by atoms with Crippen LogP contribution in [0.25, 0.3) is 0 Å². The van der Waals surface area contributed by atoms with Crippen molar-refractivity contribution in [3.63, 3.8) is 0 Å². The van der Waals surface area contributed by atoms with Gasteiger partial charge < -0.3 is 15.6 Å². The van der Waals surface area contributed by atoms with Gasteiger partial charge in [-0.3, -0.25) is 9.59 Å². The highest BCUT2D eigenvalue weighted by atomic mass is 16.5. The van der Waals surface area contributed by atoms with Crippen molar-refractivity contribution in [3.8, 4) is 0 Å². The largest absolute Gasteiger partial charge is 0.481 e. The Morgan fingerprint density at radius 3 is 2.50 bits per heavy atom. The van der Waals surface area contributed by atoms with E-state index in [1.54, 1.807) is 24.3 Å². The molecule has 7 nitrogen and oxygen atoms in total. The number of hydrogen-bond acceptors (Lipinski definition) is 4. The van der Waals surface area contributed by atoms with Gasteiger partial charge in [-0.15, -0.1) is 0 Å². The minimum absolute atomic E-state index is 0.0323. The molecule has 0 saturated carbocycles. The summed E-state index contributed by atoms with van der Waals surface area (Å²) in [7, 11) is 0. The lowest BCUT2D eigenvalue weighted by molar-refractivity contribution is -0.140. The van der Waals surface area contributed by atoms with Crippen molar-refractivity contribution in [2.24, 2.45) is 16.6 Å². The third-order valence-electron chi connectivity index (χ3n) is 2.30. The Kier molecular flexibility index (Phi) is 5.89. The molecule has 3 N–H and O–H groups in total. The molecule has 2 amide bonds. The fourth-order valence-corrected chi connectivity index (χ4v) is 1.33. The summed E-state index contributed by atoms with van der Waals surface area (Å²) in [6.07, 6.45) is -0.504. The summed E-state index contributed by atoms with van der Waals surface area (Å²) >= 11 is 0. The number of hydrogen-bond donors (Lipinski definition) is 2. The molecule has 20 heavy (non-hydrogen) atoms. The summed E-state index contributed by atoms with van der Waals surface area (Å²) in [4.78, 5) is 36.1. The number of amides is 2.